The molecule has 0 radical (unpaired) electrons. The fraction of sp³-hybridized carbons (Fsp3) is 0.346. The van der Waals surface area contributed by atoms with Gasteiger partial charge in [-0.2, -0.15) is 0 Å². The van der Waals surface area contributed by atoms with Crippen molar-refractivity contribution >= 4 is 77.2 Å². The highest BCUT2D eigenvalue weighted by Gasteiger charge is 2.58. The summed E-state index contributed by atoms with van der Waals surface area (Å²) >= 11 is 6.88. The smallest absolute Gasteiger partial charge is 0.248 e. The average molecular weight is 643 g/mol. The highest BCUT2D eigenvalue weighted by Crippen LogP contribution is 2.54. The minimum Gasteiger partial charge on any atom is -0.495 e. The summed E-state index contributed by atoms with van der Waals surface area (Å²) in [6.45, 7) is 2.15. The molecular formula is C26H25Br2N7O3. The maximum Gasteiger partial charge on any atom is 0.248 e. The fourth-order valence-corrected chi connectivity index (χ4v) is 6.81. The third kappa shape index (κ3) is 3.92. The monoisotopic (exact) mass is 641 g/mol. The summed E-state index contributed by atoms with van der Waals surface area (Å²) in [5.41, 5.74) is 7.46. The maximum absolute atomic E-state index is 14.0. The van der Waals surface area contributed by atoms with Crippen molar-refractivity contribution in [2.75, 3.05) is 18.2 Å². The molecule has 1 aromatic carbocycles. The zero-order chi connectivity index (χ0) is 26.8. The van der Waals surface area contributed by atoms with Crippen molar-refractivity contribution in [3.63, 3.8) is 0 Å². The molecule has 38 heavy (non-hydrogen) atoms. The lowest BCUT2D eigenvalue weighted by Gasteiger charge is -2.44. The molecule has 3 N–H and O–H groups in total. The van der Waals surface area contributed by atoms with Gasteiger partial charge in [0.15, 0.2) is 0 Å². The molecule has 0 bridgehead atoms. The largest absolute Gasteiger partial charge is 0.495 e. The number of nitrogen functional groups attached to an aromatic ring is 1. The van der Waals surface area contributed by atoms with Crippen molar-refractivity contribution in [3.8, 4) is 5.75 Å². The number of hydrogen-bond acceptors (Lipinski definition) is 7. The van der Waals surface area contributed by atoms with E-state index >= 15 is 0 Å². The highest BCUT2D eigenvalue weighted by atomic mass is 79.9. The van der Waals surface area contributed by atoms with E-state index in [1.165, 1.54) is 6.33 Å². The Bertz CT molecular complexity index is 1620. The minimum atomic E-state index is -0.600. The van der Waals surface area contributed by atoms with E-state index in [4.69, 9.17) is 10.5 Å². The van der Waals surface area contributed by atoms with E-state index in [0.717, 1.165) is 28.2 Å². The first kappa shape index (κ1) is 25.1. The predicted octanol–water partition coefficient (Wildman–Crippen LogP) is 4.50. The Hall–Kier alpha value is -3.25. The van der Waals surface area contributed by atoms with Crippen LogP contribution in [0.1, 0.15) is 26.2 Å². The average Bonchev–Trinajstić information content (AvgIpc) is 3.28. The van der Waals surface area contributed by atoms with Crippen LogP contribution in [0.3, 0.4) is 0 Å². The van der Waals surface area contributed by atoms with E-state index in [9.17, 15) is 9.59 Å². The minimum absolute atomic E-state index is 0.00214. The molecule has 2 fully saturated rings. The molecule has 12 heteroatoms. The number of halogens is 2. The molecule has 196 valence electrons. The SMILES string of the molecule is COc1cc2c(cc1Br)c1c(N)ncnc1n2CC(=O)N1[C@H](C(=O)Nc2cccc(Br)n2)C[C@@]2(C)CC[C@@H]12. The number of nitrogens with zero attached hydrogens (tertiary/aromatic N) is 5. The van der Waals surface area contributed by atoms with Gasteiger partial charge in [-0.3, -0.25) is 9.59 Å². The summed E-state index contributed by atoms with van der Waals surface area (Å²) in [5, 5.41) is 4.38. The van der Waals surface area contributed by atoms with Crippen molar-refractivity contribution in [1.29, 1.82) is 0 Å². The Morgan fingerprint density at radius 1 is 1.26 bits per heavy atom. The molecule has 10 nitrogen and oxygen atoms in total. The normalized spacial score (nSPS) is 22.4. The number of carbonyl (C=O) groups is 2. The number of ether oxygens (including phenoxy) is 1. The summed E-state index contributed by atoms with van der Waals surface area (Å²) in [4.78, 5) is 42.3. The van der Waals surface area contributed by atoms with Crippen molar-refractivity contribution in [1.82, 2.24) is 24.4 Å². The first-order valence-corrected chi connectivity index (χ1v) is 13.8. The molecule has 1 saturated carbocycles. The quantitative estimate of drug-likeness (QED) is 0.307. The second-order valence-electron chi connectivity index (χ2n) is 10.1. The van der Waals surface area contributed by atoms with Gasteiger partial charge in [0.05, 0.1) is 22.5 Å². The molecule has 4 aromatic rings. The molecule has 0 spiro atoms. The van der Waals surface area contributed by atoms with Crippen molar-refractivity contribution in [2.45, 2.75) is 44.8 Å². The number of likely N-dealkylation sites (tertiary alicyclic amines) is 1. The second kappa shape index (κ2) is 9.19. The Kier molecular flexibility index (Phi) is 6.06. The second-order valence-corrected chi connectivity index (χ2v) is 11.8. The summed E-state index contributed by atoms with van der Waals surface area (Å²) in [5.74, 6) is 0.993. The standard InChI is InChI=1S/C26H25Br2N7O3/c1-26-7-6-18(26)35(16(10-26)25(37)33-20-5-3-4-19(28)32-20)21(36)11-34-15-9-17(38-2)14(27)8-13(15)22-23(29)30-12-31-24(22)34/h3-5,8-9,12,16,18H,6-7,10-11H2,1-2H3,(H2,29,30,31)(H,32,33,37)/t16-,18+,26+/m0/s1. The summed E-state index contributed by atoms with van der Waals surface area (Å²) in [7, 11) is 1.59. The number of carbonyl (C=O) groups excluding carboxylic acids is 2. The Balaban J connectivity index is 1.38. The van der Waals surface area contributed by atoms with Crippen LogP contribution in [0.4, 0.5) is 11.6 Å². The predicted molar refractivity (Wildman–Crippen MR) is 151 cm³/mol. The Morgan fingerprint density at radius 3 is 2.79 bits per heavy atom. The number of amides is 2. The van der Waals surface area contributed by atoms with E-state index in [0.29, 0.717) is 39.4 Å². The number of nitrogens with one attached hydrogen (secondary N) is 1. The number of nitrogens with two attached hydrogens (primary N) is 1. The third-order valence-electron chi connectivity index (χ3n) is 7.92. The number of benzene rings is 1. The van der Waals surface area contributed by atoms with Crippen LogP contribution in [0, 0.1) is 5.41 Å². The van der Waals surface area contributed by atoms with Gasteiger partial charge >= 0.3 is 0 Å². The van der Waals surface area contributed by atoms with Gasteiger partial charge in [0, 0.05) is 17.5 Å². The molecule has 0 unspecified atom stereocenters. The molecule has 3 atom stereocenters. The van der Waals surface area contributed by atoms with Crippen molar-refractivity contribution in [3.05, 3.63) is 45.7 Å². The fourth-order valence-electron chi connectivity index (χ4n) is 5.96. The summed E-state index contributed by atoms with van der Waals surface area (Å²) in [6, 6.07) is 8.48. The van der Waals surface area contributed by atoms with Crippen LogP contribution in [-0.2, 0) is 16.1 Å². The van der Waals surface area contributed by atoms with Gasteiger partial charge < -0.3 is 25.3 Å². The highest BCUT2D eigenvalue weighted by molar-refractivity contribution is 9.10. The van der Waals surface area contributed by atoms with Crippen LogP contribution in [-0.4, -0.2) is 55.4 Å². The zero-order valence-electron chi connectivity index (χ0n) is 20.7. The van der Waals surface area contributed by atoms with Crippen LogP contribution >= 0.6 is 31.9 Å². The Morgan fingerprint density at radius 2 is 2.08 bits per heavy atom. The first-order valence-electron chi connectivity index (χ1n) is 12.2. The molecule has 3 aromatic heterocycles. The van der Waals surface area contributed by atoms with Gasteiger partial charge in [0.1, 0.15) is 46.5 Å². The van der Waals surface area contributed by atoms with Gasteiger partial charge in [-0.15, -0.1) is 0 Å². The van der Waals surface area contributed by atoms with Crippen molar-refractivity contribution in [2.24, 2.45) is 5.41 Å². The molecule has 2 aliphatic rings. The summed E-state index contributed by atoms with van der Waals surface area (Å²) < 4.78 is 8.73. The van der Waals surface area contributed by atoms with E-state index < -0.39 is 6.04 Å². The number of rotatable bonds is 5. The topological polar surface area (TPSA) is 128 Å². The molecule has 1 aliphatic carbocycles. The zero-order valence-corrected chi connectivity index (χ0v) is 23.9. The van der Waals surface area contributed by atoms with Crippen LogP contribution in [0.15, 0.2) is 45.7 Å². The van der Waals surface area contributed by atoms with Crippen LogP contribution in [0.5, 0.6) is 5.75 Å². The van der Waals surface area contributed by atoms with Gasteiger partial charge in [0.25, 0.3) is 0 Å². The number of fused-ring (bicyclic) bond motifs is 4. The molecule has 1 saturated heterocycles. The number of hydrogen-bond donors (Lipinski definition) is 2. The molecular weight excluding hydrogens is 618 g/mol. The molecule has 6 rings (SSSR count). The third-order valence-corrected chi connectivity index (χ3v) is 8.98. The van der Waals surface area contributed by atoms with E-state index in [-0.39, 0.29) is 29.8 Å². The van der Waals surface area contributed by atoms with Crippen LogP contribution < -0.4 is 15.8 Å². The number of aromatic nitrogens is 4. The van der Waals surface area contributed by atoms with E-state index in [1.54, 1.807) is 30.2 Å². The van der Waals surface area contributed by atoms with Crippen LogP contribution in [0.2, 0.25) is 0 Å². The number of methoxy groups -OCH3 is 1. The lowest BCUT2D eigenvalue weighted by atomic mass is 9.66. The van der Waals surface area contributed by atoms with Gasteiger partial charge in [-0.25, -0.2) is 15.0 Å². The molecule has 4 heterocycles. The van der Waals surface area contributed by atoms with Gasteiger partial charge in [0.2, 0.25) is 11.8 Å². The molecule has 1 aliphatic heterocycles. The summed E-state index contributed by atoms with van der Waals surface area (Å²) in [6.07, 6.45) is 3.84. The lowest BCUT2D eigenvalue weighted by Crippen LogP contribution is -2.52. The Labute approximate surface area is 235 Å². The molecule has 2 amide bonds. The van der Waals surface area contributed by atoms with E-state index in [1.807, 2.05) is 16.7 Å². The van der Waals surface area contributed by atoms with Gasteiger partial charge in [-0.05, 0) is 74.7 Å². The number of anilines is 2. The first-order chi connectivity index (χ1) is 18.2. The van der Waals surface area contributed by atoms with Crippen molar-refractivity contribution < 1.29 is 14.3 Å². The van der Waals surface area contributed by atoms with E-state index in [2.05, 4.69) is 59.1 Å². The van der Waals surface area contributed by atoms with Crippen LogP contribution in [0.25, 0.3) is 21.9 Å². The lowest BCUT2D eigenvalue weighted by molar-refractivity contribution is -0.141. The maximum atomic E-state index is 14.0. The van der Waals surface area contributed by atoms with Gasteiger partial charge in [-0.1, -0.05) is 13.0 Å². The number of pyridine rings is 1.